The molecular formula is C13H20ClNO3. The Morgan fingerprint density at radius 1 is 1.39 bits per heavy atom. The molecule has 0 aliphatic heterocycles. The Morgan fingerprint density at radius 2 is 1.89 bits per heavy atom. The van der Waals surface area contributed by atoms with Crippen LogP contribution in [0.1, 0.15) is 27.7 Å². The third-order valence-electron chi connectivity index (χ3n) is 2.07. The number of esters is 1. The summed E-state index contributed by atoms with van der Waals surface area (Å²) in [6, 6.07) is 0. The van der Waals surface area contributed by atoms with Crippen molar-refractivity contribution < 1.29 is 14.3 Å². The van der Waals surface area contributed by atoms with Crippen LogP contribution in [0.5, 0.6) is 0 Å². The average molecular weight is 274 g/mol. The third kappa shape index (κ3) is 5.02. The van der Waals surface area contributed by atoms with Crippen molar-refractivity contribution in [3.63, 3.8) is 0 Å². The first-order chi connectivity index (χ1) is 8.14. The molecule has 0 aliphatic carbocycles. The van der Waals surface area contributed by atoms with Crippen LogP contribution in [0.4, 0.5) is 0 Å². The van der Waals surface area contributed by atoms with E-state index < -0.39 is 17.7 Å². The summed E-state index contributed by atoms with van der Waals surface area (Å²) in [6.07, 6.45) is -0.967. The quantitative estimate of drug-likeness (QED) is 0.439. The van der Waals surface area contributed by atoms with Gasteiger partial charge in [0.05, 0.1) is 12.7 Å². The average Bonchev–Trinajstić information content (AvgIpc) is 2.24. The van der Waals surface area contributed by atoms with Crippen LogP contribution in [0.2, 0.25) is 0 Å². The molecule has 4 nitrogen and oxygen atoms in total. The molecule has 0 amide bonds. The lowest BCUT2D eigenvalue weighted by Crippen LogP contribution is -2.36. The maximum absolute atomic E-state index is 11.8. The molecule has 0 aromatic carbocycles. The van der Waals surface area contributed by atoms with E-state index in [0.717, 1.165) is 0 Å². The predicted octanol–water partition coefficient (Wildman–Crippen LogP) is 3.07. The molecule has 0 aliphatic rings. The molecule has 0 bridgehead atoms. The van der Waals surface area contributed by atoms with E-state index in [1.165, 1.54) is 7.11 Å². The number of hydrogen-bond acceptors (Lipinski definition) is 4. The molecule has 0 saturated carbocycles. The van der Waals surface area contributed by atoms with Gasteiger partial charge in [0.25, 0.3) is 0 Å². The van der Waals surface area contributed by atoms with Gasteiger partial charge in [-0.25, -0.2) is 4.79 Å². The maximum Gasteiger partial charge on any atom is 0.339 e. The van der Waals surface area contributed by atoms with Gasteiger partial charge in [0.1, 0.15) is 0 Å². The lowest BCUT2D eigenvalue weighted by Gasteiger charge is -2.27. The van der Waals surface area contributed by atoms with Crippen LogP contribution in [-0.2, 0) is 14.3 Å². The Balaban J connectivity index is 5.61. The first kappa shape index (κ1) is 16.9. The molecule has 0 heterocycles. The first-order valence-electron chi connectivity index (χ1n) is 5.42. The van der Waals surface area contributed by atoms with Crippen molar-refractivity contribution in [2.24, 2.45) is 4.99 Å². The van der Waals surface area contributed by atoms with Gasteiger partial charge in [0.15, 0.2) is 6.10 Å². The molecule has 1 atom stereocenters. The number of aliphatic imine (C=N–C) groups is 1. The van der Waals surface area contributed by atoms with Crippen molar-refractivity contribution >= 4 is 24.3 Å². The standard InChI is InChI=1S/C13H20ClNO3/c1-8(14)10(9(2)15-6)11(12(16)17-7)18-13(3,4)5/h11H,1,6H2,2-5,7H3. The third-order valence-corrected chi connectivity index (χ3v) is 2.27. The van der Waals surface area contributed by atoms with E-state index in [4.69, 9.17) is 21.1 Å². The second-order valence-electron chi connectivity index (χ2n) is 4.70. The van der Waals surface area contributed by atoms with Gasteiger partial charge in [-0.15, -0.1) is 0 Å². The van der Waals surface area contributed by atoms with Crippen molar-refractivity contribution in [1.82, 2.24) is 0 Å². The van der Waals surface area contributed by atoms with Gasteiger partial charge in [0.2, 0.25) is 0 Å². The molecule has 18 heavy (non-hydrogen) atoms. The molecular weight excluding hydrogens is 254 g/mol. The fraction of sp³-hybridized carbons (Fsp3) is 0.538. The van der Waals surface area contributed by atoms with Crippen LogP contribution in [-0.4, -0.2) is 31.5 Å². The fourth-order valence-corrected chi connectivity index (χ4v) is 1.53. The summed E-state index contributed by atoms with van der Waals surface area (Å²) in [5.74, 6) is -0.551. The summed E-state index contributed by atoms with van der Waals surface area (Å²) >= 11 is 5.91. The summed E-state index contributed by atoms with van der Waals surface area (Å²) in [4.78, 5) is 15.6. The topological polar surface area (TPSA) is 47.9 Å². The summed E-state index contributed by atoms with van der Waals surface area (Å²) in [5.41, 5.74) is 0.320. The van der Waals surface area contributed by atoms with Crippen LogP contribution in [0, 0.1) is 0 Å². The molecule has 0 aromatic heterocycles. The van der Waals surface area contributed by atoms with Gasteiger partial charge in [0, 0.05) is 16.3 Å². The lowest BCUT2D eigenvalue weighted by atomic mass is 10.1. The van der Waals surface area contributed by atoms with Crippen molar-refractivity contribution in [1.29, 1.82) is 0 Å². The molecule has 1 unspecified atom stereocenters. The van der Waals surface area contributed by atoms with Crippen LogP contribution in [0.15, 0.2) is 27.9 Å². The summed E-state index contributed by atoms with van der Waals surface area (Å²) in [7, 11) is 1.28. The zero-order valence-corrected chi connectivity index (χ0v) is 12.3. The second-order valence-corrected chi connectivity index (χ2v) is 5.15. The number of halogens is 1. The number of rotatable bonds is 5. The normalized spacial score (nSPS) is 14.6. The first-order valence-corrected chi connectivity index (χ1v) is 5.79. The lowest BCUT2D eigenvalue weighted by molar-refractivity contribution is -0.159. The fourth-order valence-electron chi connectivity index (χ4n) is 1.30. The highest BCUT2D eigenvalue weighted by molar-refractivity contribution is 6.32. The van der Waals surface area contributed by atoms with Crippen molar-refractivity contribution in [2.75, 3.05) is 7.11 Å². The number of allylic oxidation sites excluding steroid dienone is 1. The monoisotopic (exact) mass is 273 g/mol. The number of methoxy groups -OCH3 is 1. The molecule has 0 radical (unpaired) electrons. The highest BCUT2D eigenvalue weighted by atomic mass is 35.5. The van der Waals surface area contributed by atoms with Crippen LogP contribution < -0.4 is 0 Å². The summed E-state index contributed by atoms with van der Waals surface area (Å²) in [5, 5.41) is 0.180. The zero-order valence-electron chi connectivity index (χ0n) is 11.5. The Bertz CT molecular complexity index is 380. The smallest absolute Gasteiger partial charge is 0.339 e. The molecule has 0 spiro atoms. The van der Waals surface area contributed by atoms with Gasteiger partial charge in [-0.1, -0.05) is 18.2 Å². The highest BCUT2D eigenvalue weighted by Gasteiger charge is 2.32. The number of carbonyl (C=O) groups is 1. The second kappa shape index (κ2) is 6.71. The minimum Gasteiger partial charge on any atom is -0.467 e. The van der Waals surface area contributed by atoms with Crippen LogP contribution in [0.3, 0.4) is 0 Å². The molecule has 0 N–H and O–H groups in total. The molecule has 0 aromatic rings. The van der Waals surface area contributed by atoms with Crippen LogP contribution in [0.25, 0.3) is 0 Å². The highest BCUT2D eigenvalue weighted by Crippen LogP contribution is 2.27. The zero-order chi connectivity index (χ0) is 14.5. The molecule has 0 saturated heterocycles. The van der Waals surface area contributed by atoms with E-state index in [1.54, 1.807) is 6.92 Å². The van der Waals surface area contributed by atoms with Gasteiger partial charge in [-0.3, -0.25) is 4.99 Å². The van der Waals surface area contributed by atoms with Crippen molar-refractivity contribution in [3.8, 4) is 0 Å². The largest absolute Gasteiger partial charge is 0.467 e. The predicted molar refractivity (Wildman–Crippen MR) is 73.9 cm³/mol. The molecule has 0 rings (SSSR count). The van der Waals surface area contributed by atoms with E-state index in [1.807, 2.05) is 20.8 Å². The molecule has 0 fully saturated rings. The van der Waals surface area contributed by atoms with E-state index in [9.17, 15) is 4.79 Å². The number of nitrogens with zero attached hydrogens (tertiary/aromatic N) is 1. The van der Waals surface area contributed by atoms with Gasteiger partial charge in [-0.2, -0.15) is 0 Å². The van der Waals surface area contributed by atoms with E-state index >= 15 is 0 Å². The summed E-state index contributed by atoms with van der Waals surface area (Å²) in [6.45, 7) is 14.2. The number of carbonyl (C=O) groups excluding carboxylic acids is 1. The van der Waals surface area contributed by atoms with Gasteiger partial charge >= 0.3 is 5.97 Å². The minimum atomic E-state index is -0.967. The molecule has 5 heteroatoms. The Labute approximate surface area is 113 Å². The molecule has 102 valence electrons. The number of ether oxygens (including phenoxy) is 2. The summed E-state index contributed by atoms with van der Waals surface area (Å²) < 4.78 is 10.4. The minimum absolute atomic E-state index is 0.180. The Hall–Kier alpha value is -1.13. The van der Waals surface area contributed by atoms with E-state index in [2.05, 4.69) is 18.3 Å². The van der Waals surface area contributed by atoms with Gasteiger partial charge < -0.3 is 9.47 Å². The van der Waals surface area contributed by atoms with Crippen LogP contribution >= 0.6 is 11.6 Å². The van der Waals surface area contributed by atoms with Crippen molar-refractivity contribution in [2.45, 2.75) is 39.4 Å². The van der Waals surface area contributed by atoms with E-state index in [0.29, 0.717) is 11.3 Å². The maximum atomic E-state index is 11.8. The Morgan fingerprint density at radius 3 is 2.17 bits per heavy atom. The Kier molecular flexibility index (Phi) is 6.29. The number of hydrogen-bond donors (Lipinski definition) is 0. The van der Waals surface area contributed by atoms with Gasteiger partial charge in [-0.05, 0) is 34.4 Å². The van der Waals surface area contributed by atoms with Crippen molar-refractivity contribution in [3.05, 3.63) is 22.9 Å². The SMILES string of the molecule is C=NC(C)=C(C(=C)Cl)C(OC(C)(C)C)C(=O)OC. The van der Waals surface area contributed by atoms with E-state index in [-0.39, 0.29) is 5.03 Å².